The lowest BCUT2D eigenvalue weighted by Gasteiger charge is -2.07. The van der Waals surface area contributed by atoms with Gasteiger partial charge in [-0.15, -0.1) is 0 Å². The second-order valence-corrected chi connectivity index (χ2v) is 5.61. The average Bonchev–Trinajstić information content (AvgIpc) is 2.61. The summed E-state index contributed by atoms with van der Waals surface area (Å²) in [7, 11) is 0. The molecule has 0 spiro atoms. The summed E-state index contributed by atoms with van der Waals surface area (Å²) in [6, 6.07) is 12.1. The number of aromatic hydroxyl groups is 1. The zero-order chi connectivity index (χ0) is 17.8. The van der Waals surface area contributed by atoms with Crippen molar-refractivity contribution in [2.45, 2.75) is 20.3 Å². The SMILES string of the molecule is CCCOc1ccc(C=Nn2c(C)nc3ccccc3c2=O)c(O)c1. The Kier molecular flexibility index (Phi) is 4.79. The van der Waals surface area contributed by atoms with Crippen molar-refractivity contribution in [2.24, 2.45) is 5.10 Å². The minimum atomic E-state index is -0.248. The third kappa shape index (κ3) is 3.52. The number of hydrogen-bond acceptors (Lipinski definition) is 5. The van der Waals surface area contributed by atoms with Crippen LogP contribution in [-0.2, 0) is 0 Å². The maximum absolute atomic E-state index is 12.6. The highest BCUT2D eigenvalue weighted by Crippen LogP contribution is 2.22. The lowest BCUT2D eigenvalue weighted by molar-refractivity contribution is 0.315. The Morgan fingerprint density at radius 1 is 1.28 bits per heavy atom. The summed E-state index contributed by atoms with van der Waals surface area (Å²) in [4.78, 5) is 16.9. The number of fused-ring (bicyclic) bond motifs is 1. The molecule has 0 unspecified atom stereocenters. The van der Waals surface area contributed by atoms with E-state index in [0.29, 0.717) is 34.6 Å². The molecule has 3 rings (SSSR count). The first-order chi connectivity index (χ1) is 12.1. The monoisotopic (exact) mass is 337 g/mol. The number of rotatable bonds is 5. The van der Waals surface area contributed by atoms with Crippen molar-refractivity contribution in [2.75, 3.05) is 6.61 Å². The molecule has 1 N–H and O–H groups in total. The van der Waals surface area contributed by atoms with Crippen LogP contribution in [0.2, 0.25) is 0 Å². The maximum atomic E-state index is 12.6. The number of ether oxygens (including phenoxy) is 1. The van der Waals surface area contributed by atoms with Crippen LogP contribution in [0, 0.1) is 6.92 Å². The molecular weight excluding hydrogens is 318 g/mol. The van der Waals surface area contributed by atoms with Gasteiger partial charge in [-0.25, -0.2) is 4.98 Å². The molecule has 0 aliphatic heterocycles. The molecule has 25 heavy (non-hydrogen) atoms. The first-order valence-electron chi connectivity index (χ1n) is 8.08. The Morgan fingerprint density at radius 3 is 2.84 bits per heavy atom. The molecule has 128 valence electrons. The molecule has 0 aliphatic rings. The smallest absolute Gasteiger partial charge is 0.282 e. The van der Waals surface area contributed by atoms with Crippen molar-refractivity contribution in [3.05, 3.63) is 64.2 Å². The first-order valence-corrected chi connectivity index (χ1v) is 8.08. The van der Waals surface area contributed by atoms with Gasteiger partial charge >= 0.3 is 0 Å². The van der Waals surface area contributed by atoms with Crippen molar-refractivity contribution in [3.63, 3.8) is 0 Å². The molecule has 1 heterocycles. The summed E-state index contributed by atoms with van der Waals surface area (Å²) in [6.07, 6.45) is 2.32. The van der Waals surface area contributed by atoms with Crippen LogP contribution in [-0.4, -0.2) is 27.6 Å². The summed E-state index contributed by atoms with van der Waals surface area (Å²) in [5.41, 5.74) is 0.877. The van der Waals surface area contributed by atoms with Crippen molar-refractivity contribution >= 4 is 17.1 Å². The quantitative estimate of drug-likeness (QED) is 0.726. The number of phenols is 1. The van der Waals surface area contributed by atoms with Gasteiger partial charge in [0.05, 0.1) is 23.7 Å². The standard InChI is InChI=1S/C19H19N3O3/c1-3-10-25-15-9-8-14(18(23)11-15)12-20-22-13(2)21-17-7-5-4-6-16(17)19(22)24/h4-9,11-12,23H,3,10H2,1-2H3. The van der Waals surface area contributed by atoms with E-state index >= 15 is 0 Å². The van der Waals surface area contributed by atoms with Crippen LogP contribution in [0.15, 0.2) is 52.4 Å². The van der Waals surface area contributed by atoms with Crippen LogP contribution in [0.25, 0.3) is 10.9 Å². The summed E-state index contributed by atoms with van der Waals surface area (Å²) < 4.78 is 6.70. The van der Waals surface area contributed by atoms with Crippen LogP contribution >= 0.6 is 0 Å². The molecule has 0 bridgehead atoms. The summed E-state index contributed by atoms with van der Waals surface area (Å²) in [6.45, 7) is 4.31. The Morgan fingerprint density at radius 2 is 2.08 bits per heavy atom. The van der Waals surface area contributed by atoms with E-state index in [2.05, 4.69) is 10.1 Å². The summed E-state index contributed by atoms with van der Waals surface area (Å²) >= 11 is 0. The molecule has 0 saturated carbocycles. The van der Waals surface area contributed by atoms with E-state index in [4.69, 9.17) is 4.74 Å². The highest BCUT2D eigenvalue weighted by molar-refractivity contribution is 5.84. The van der Waals surface area contributed by atoms with E-state index in [0.717, 1.165) is 6.42 Å². The highest BCUT2D eigenvalue weighted by Gasteiger charge is 2.07. The lowest BCUT2D eigenvalue weighted by atomic mass is 10.2. The molecule has 6 heteroatoms. The molecule has 2 aromatic carbocycles. The van der Waals surface area contributed by atoms with Crippen molar-refractivity contribution in [1.29, 1.82) is 0 Å². The number of aryl methyl sites for hydroxylation is 1. The van der Waals surface area contributed by atoms with Crippen molar-refractivity contribution < 1.29 is 9.84 Å². The van der Waals surface area contributed by atoms with E-state index in [-0.39, 0.29) is 11.3 Å². The first kappa shape index (κ1) is 16.7. The van der Waals surface area contributed by atoms with Crippen LogP contribution in [0.4, 0.5) is 0 Å². The number of phenolic OH excluding ortho intramolecular Hbond substituents is 1. The van der Waals surface area contributed by atoms with Gasteiger partial charge in [0, 0.05) is 11.6 Å². The number of nitrogens with zero attached hydrogens (tertiary/aromatic N) is 3. The average molecular weight is 337 g/mol. The predicted molar refractivity (Wildman–Crippen MR) is 97.6 cm³/mol. The third-order valence-electron chi connectivity index (χ3n) is 3.70. The van der Waals surface area contributed by atoms with Gasteiger partial charge < -0.3 is 9.84 Å². The second kappa shape index (κ2) is 7.17. The molecule has 3 aromatic rings. The number of para-hydroxylation sites is 1. The van der Waals surface area contributed by atoms with E-state index in [1.54, 1.807) is 37.3 Å². The zero-order valence-corrected chi connectivity index (χ0v) is 14.1. The fourth-order valence-corrected chi connectivity index (χ4v) is 2.43. The van der Waals surface area contributed by atoms with E-state index in [9.17, 15) is 9.90 Å². The van der Waals surface area contributed by atoms with Gasteiger partial charge in [-0.2, -0.15) is 9.78 Å². The van der Waals surface area contributed by atoms with Crippen LogP contribution in [0.3, 0.4) is 0 Å². The van der Waals surface area contributed by atoms with Crippen molar-refractivity contribution in [1.82, 2.24) is 9.66 Å². The normalized spacial score (nSPS) is 11.3. The number of benzene rings is 2. The van der Waals surface area contributed by atoms with Gasteiger partial charge in [0.1, 0.15) is 17.3 Å². The highest BCUT2D eigenvalue weighted by atomic mass is 16.5. The Bertz CT molecular complexity index is 993. The minimum absolute atomic E-state index is 0.0387. The number of hydrogen-bond donors (Lipinski definition) is 1. The molecular formula is C19H19N3O3. The lowest BCUT2D eigenvalue weighted by Crippen LogP contribution is -2.20. The van der Waals surface area contributed by atoms with Crippen LogP contribution in [0.1, 0.15) is 24.7 Å². The van der Waals surface area contributed by atoms with Crippen LogP contribution < -0.4 is 10.3 Å². The van der Waals surface area contributed by atoms with Gasteiger partial charge in [0.2, 0.25) is 0 Å². The fourth-order valence-electron chi connectivity index (χ4n) is 2.43. The molecule has 0 aliphatic carbocycles. The Hall–Kier alpha value is -3.15. The summed E-state index contributed by atoms with van der Waals surface area (Å²) in [5.74, 6) is 1.11. The molecule has 1 aromatic heterocycles. The third-order valence-corrected chi connectivity index (χ3v) is 3.70. The van der Waals surface area contributed by atoms with E-state index in [1.807, 2.05) is 13.0 Å². The van der Waals surface area contributed by atoms with Crippen molar-refractivity contribution in [3.8, 4) is 11.5 Å². The molecule has 0 saturated heterocycles. The van der Waals surface area contributed by atoms with Gasteiger partial charge in [-0.1, -0.05) is 19.1 Å². The Balaban J connectivity index is 1.95. The molecule has 0 fully saturated rings. The second-order valence-electron chi connectivity index (χ2n) is 5.61. The summed E-state index contributed by atoms with van der Waals surface area (Å²) in [5, 5.41) is 14.8. The molecule has 0 atom stereocenters. The molecule has 6 nitrogen and oxygen atoms in total. The minimum Gasteiger partial charge on any atom is -0.507 e. The van der Waals surface area contributed by atoms with Gasteiger partial charge in [-0.3, -0.25) is 4.79 Å². The number of aromatic nitrogens is 2. The van der Waals surface area contributed by atoms with E-state index < -0.39 is 0 Å². The molecule has 0 amide bonds. The van der Waals surface area contributed by atoms with Gasteiger partial charge in [-0.05, 0) is 37.6 Å². The topological polar surface area (TPSA) is 76.7 Å². The van der Waals surface area contributed by atoms with Gasteiger partial charge in [0.15, 0.2) is 0 Å². The largest absolute Gasteiger partial charge is 0.507 e. The predicted octanol–water partition coefficient (Wildman–Crippen LogP) is 3.08. The van der Waals surface area contributed by atoms with Gasteiger partial charge in [0.25, 0.3) is 5.56 Å². The fraction of sp³-hybridized carbons (Fsp3) is 0.211. The van der Waals surface area contributed by atoms with Crippen LogP contribution in [0.5, 0.6) is 11.5 Å². The van der Waals surface area contributed by atoms with E-state index in [1.165, 1.54) is 17.0 Å². The Labute approximate surface area is 145 Å². The zero-order valence-electron chi connectivity index (χ0n) is 14.1. The molecule has 0 radical (unpaired) electrons. The maximum Gasteiger partial charge on any atom is 0.282 e.